The van der Waals surface area contributed by atoms with E-state index in [1.807, 2.05) is 0 Å². The average molecular weight is 212 g/mol. The number of hydrogen-bond donors (Lipinski definition) is 1. The standard InChI is InChI=1S/C7H8N4O2S/c1-10-3-8-5-4(10)6(14-13)9-7(12)11(5)2/h3H,1-2H3,(H,9,12). The summed E-state index contributed by atoms with van der Waals surface area (Å²) in [5.41, 5.74) is 0.816. The molecule has 0 saturated carbocycles. The van der Waals surface area contributed by atoms with Gasteiger partial charge in [0.05, 0.1) is 6.33 Å². The molecule has 0 atom stereocenters. The van der Waals surface area contributed by atoms with E-state index in [2.05, 4.69) is 9.97 Å². The second kappa shape index (κ2) is 2.95. The normalized spacial score (nSPS) is 10.7. The van der Waals surface area contributed by atoms with Crippen LogP contribution in [0.1, 0.15) is 0 Å². The van der Waals surface area contributed by atoms with Gasteiger partial charge in [0, 0.05) is 14.1 Å². The first kappa shape index (κ1) is 8.95. The summed E-state index contributed by atoms with van der Waals surface area (Å²) >= 11 is 0.260. The zero-order valence-electron chi connectivity index (χ0n) is 7.64. The van der Waals surface area contributed by atoms with Crippen molar-refractivity contribution in [2.45, 2.75) is 0 Å². The molecule has 0 aromatic carbocycles. The van der Waals surface area contributed by atoms with Crippen LogP contribution < -0.4 is 5.69 Å². The molecule has 0 aliphatic rings. The molecule has 2 aromatic heterocycles. The van der Waals surface area contributed by atoms with E-state index in [-0.39, 0.29) is 16.9 Å². The number of aryl methyl sites for hydroxylation is 2. The summed E-state index contributed by atoms with van der Waals surface area (Å²) in [4.78, 5) is 17.9. The first-order valence-electron chi connectivity index (χ1n) is 3.88. The van der Waals surface area contributed by atoms with Crippen LogP contribution in [0.2, 0.25) is 0 Å². The van der Waals surface area contributed by atoms with E-state index in [0.717, 1.165) is 0 Å². The number of aromatic nitrogens is 4. The van der Waals surface area contributed by atoms with Crippen molar-refractivity contribution in [2.75, 3.05) is 0 Å². The van der Waals surface area contributed by atoms with E-state index in [1.54, 1.807) is 25.0 Å². The molecule has 0 saturated heterocycles. The fraction of sp³-hybridized carbons (Fsp3) is 0.286. The Morgan fingerprint density at radius 1 is 1.50 bits per heavy atom. The van der Waals surface area contributed by atoms with Crippen molar-refractivity contribution in [3.63, 3.8) is 0 Å². The summed E-state index contributed by atoms with van der Waals surface area (Å²) in [7, 11) is 3.38. The minimum atomic E-state index is -0.338. The third-order valence-electron chi connectivity index (χ3n) is 2.06. The van der Waals surface area contributed by atoms with E-state index in [9.17, 15) is 9.00 Å². The lowest BCUT2D eigenvalue weighted by molar-refractivity contribution is 0.699. The van der Waals surface area contributed by atoms with Gasteiger partial charge in [-0.1, -0.05) is 0 Å². The van der Waals surface area contributed by atoms with Crippen LogP contribution in [0, 0.1) is 4.64 Å². The van der Waals surface area contributed by atoms with E-state index < -0.39 is 0 Å². The van der Waals surface area contributed by atoms with E-state index >= 15 is 0 Å². The van der Waals surface area contributed by atoms with Crippen LogP contribution in [0.3, 0.4) is 0 Å². The molecular formula is C7H8N4O2S. The maximum atomic E-state index is 11.3. The third kappa shape index (κ3) is 1.06. The molecule has 2 rings (SSSR count). The van der Waals surface area contributed by atoms with Crippen LogP contribution in [-0.2, 0) is 25.4 Å². The molecule has 74 valence electrons. The summed E-state index contributed by atoms with van der Waals surface area (Å²) in [6.07, 6.45) is 1.57. The van der Waals surface area contributed by atoms with Crippen LogP contribution in [-0.4, -0.2) is 23.3 Å². The highest BCUT2D eigenvalue weighted by atomic mass is 32.1. The molecule has 0 bridgehead atoms. The molecule has 7 heteroatoms. The van der Waals surface area contributed by atoms with Crippen molar-refractivity contribution in [2.24, 2.45) is 14.1 Å². The summed E-state index contributed by atoms with van der Waals surface area (Å²) in [5, 5.41) is 0. The van der Waals surface area contributed by atoms with Gasteiger partial charge >= 0.3 is 5.69 Å². The molecule has 0 aliphatic carbocycles. The Balaban J connectivity index is 3.25. The SMILES string of the molecule is Cn1cnc2c1c(=S=O)[nH]c(=O)n2C. The zero-order chi connectivity index (χ0) is 10.3. The maximum absolute atomic E-state index is 11.3. The van der Waals surface area contributed by atoms with Gasteiger partial charge < -0.3 is 4.57 Å². The number of imidazole rings is 1. The smallest absolute Gasteiger partial charge is 0.328 e. The van der Waals surface area contributed by atoms with Crippen molar-refractivity contribution in [3.05, 3.63) is 21.5 Å². The maximum Gasteiger partial charge on any atom is 0.328 e. The lowest BCUT2D eigenvalue weighted by atomic mass is 10.5. The lowest BCUT2D eigenvalue weighted by Crippen LogP contribution is -2.20. The molecule has 2 aromatic rings. The number of hydrogen-bond acceptors (Lipinski definition) is 3. The zero-order valence-corrected chi connectivity index (χ0v) is 8.46. The van der Waals surface area contributed by atoms with Crippen molar-refractivity contribution in [3.8, 4) is 0 Å². The molecular weight excluding hydrogens is 204 g/mol. The number of aromatic amines is 1. The van der Waals surface area contributed by atoms with Crippen LogP contribution in [0.25, 0.3) is 11.2 Å². The highest BCUT2D eigenvalue weighted by Crippen LogP contribution is 2.06. The fourth-order valence-electron chi connectivity index (χ4n) is 1.32. The Labute approximate surface area is 81.9 Å². The second-order valence-electron chi connectivity index (χ2n) is 2.93. The summed E-state index contributed by atoms with van der Waals surface area (Å²) in [6.45, 7) is 0. The van der Waals surface area contributed by atoms with Gasteiger partial charge in [0.15, 0.2) is 10.3 Å². The number of H-pyrrole nitrogens is 1. The van der Waals surface area contributed by atoms with Crippen molar-refractivity contribution < 1.29 is 4.21 Å². The summed E-state index contributed by atoms with van der Waals surface area (Å²) < 4.78 is 14.1. The fourth-order valence-corrected chi connectivity index (χ4v) is 1.76. The van der Waals surface area contributed by atoms with Crippen molar-refractivity contribution >= 4 is 22.4 Å². The van der Waals surface area contributed by atoms with Gasteiger partial charge in [-0.15, -0.1) is 0 Å². The summed E-state index contributed by atoms with van der Waals surface area (Å²) in [5.74, 6) is 0. The largest absolute Gasteiger partial charge is 0.330 e. The highest BCUT2D eigenvalue weighted by molar-refractivity contribution is 7.57. The Bertz CT molecular complexity index is 644. The molecule has 1 N–H and O–H groups in total. The second-order valence-corrected chi connectivity index (χ2v) is 3.50. The Hall–Kier alpha value is -1.63. The average Bonchev–Trinajstić information content (AvgIpc) is 2.55. The van der Waals surface area contributed by atoms with Gasteiger partial charge in [0.25, 0.3) is 0 Å². The lowest BCUT2D eigenvalue weighted by Gasteiger charge is -1.98. The van der Waals surface area contributed by atoms with Gasteiger partial charge in [-0.05, 0) is 0 Å². The Morgan fingerprint density at radius 2 is 2.21 bits per heavy atom. The van der Waals surface area contributed by atoms with Crippen molar-refractivity contribution in [1.29, 1.82) is 0 Å². The number of nitrogens with zero attached hydrogens (tertiary/aromatic N) is 3. The monoisotopic (exact) mass is 212 g/mol. The van der Waals surface area contributed by atoms with Gasteiger partial charge in [-0.25, -0.2) is 14.0 Å². The number of fused-ring (bicyclic) bond motifs is 1. The predicted molar refractivity (Wildman–Crippen MR) is 51.7 cm³/mol. The summed E-state index contributed by atoms with van der Waals surface area (Å²) in [6, 6.07) is 0. The first-order valence-corrected chi connectivity index (χ1v) is 4.62. The minimum Gasteiger partial charge on any atom is -0.330 e. The molecule has 0 spiro atoms. The van der Waals surface area contributed by atoms with Gasteiger partial charge in [0.1, 0.15) is 16.8 Å². The molecule has 0 unspecified atom stereocenters. The van der Waals surface area contributed by atoms with E-state index in [4.69, 9.17) is 0 Å². The third-order valence-corrected chi connectivity index (χ3v) is 2.52. The molecule has 0 radical (unpaired) electrons. The Kier molecular flexibility index (Phi) is 1.88. The first-order chi connectivity index (χ1) is 6.65. The highest BCUT2D eigenvalue weighted by Gasteiger charge is 2.06. The quantitative estimate of drug-likeness (QED) is 0.589. The molecule has 6 nitrogen and oxygen atoms in total. The number of rotatable bonds is 0. The van der Waals surface area contributed by atoms with Crippen LogP contribution in [0.4, 0.5) is 0 Å². The van der Waals surface area contributed by atoms with E-state index in [0.29, 0.717) is 15.8 Å². The minimum absolute atomic E-state index is 0.260. The van der Waals surface area contributed by atoms with Gasteiger partial charge in [-0.3, -0.25) is 9.55 Å². The van der Waals surface area contributed by atoms with Crippen LogP contribution in [0.15, 0.2) is 11.1 Å². The topological polar surface area (TPSA) is 72.7 Å². The molecule has 0 amide bonds. The molecule has 2 heterocycles. The Morgan fingerprint density at radius 3 is 2.86 bits per heavy atom. The van der Waals surface area contributed by atoms with E-state index in [1.165, 1.54) is 4.57 Å². The van der Waals surface area contributed by atoms with Gasteiger partial charge in [-0.2, -0.15) is 0 Å². The molecule has 0 fully saturated rings. The predicted octanol–water partition coefficient (Wildman–Crippen LogP) is -0.655. The van der Waals surface area contributed by atoms with Gasteiger partial charge in [0.2, 0.25) is 0 Å². The van der Waals surface area contributed by atoms with Crippen LogP contribution in [0.5, 0.6) is 0 Å². The van der Waals surface area contributed by atoms with Crippen molar-refractivity contribution in [1.82, 2.24) is 19.1 Å². The molecule has 14 heavy (non-hydrogen) atoms. The number of nitrogens with one attached hydrogen (secondary N) is 1. The molecule has 0 aliphatic heterocycles. The van der Waals surface area contributed by atoms with Crippen LogP contribution >= 0.6 is 0 Å².